The van der Waals surface area contributed by atoms with Crippen LogP contribution in [0.3, 0.4) is 0 Å². The lowest BCUT2D eigenvalue weighted by Crippen LogP contribution is -2.39. The van der Waals surface area contributed by atoms with Crippen molar-refractivity contribution in [3.8, 4) is 9.88 Å². The molecule has 3 heterocycles. The summed E-state index contributed by atoms with van der Waals surface area (Å²) in [5, 5.41) is 16.6. The Kier molecular flexibility index (Phi) is 5.60. The minimum Gasteiger partial charge on any atom is -0.481 e. The molecule has 2 aromatic rings. The maximum Gasteiger partial charge on any atom is 0.308 e. The van der Waals surface area contributed by atoms with Gasteiger partial charge in [0.2, 0.25) is 0 Å². The number of hydrogen-bond acceptors (Lipinski definition) is 6. The van der Waals surface area contributed by atoms with Crippen molar-refractivity contribution in [3.05, 3.63) is 28.6 Å². The molecule has 3 rings (SSSR count). The summed E-state index contributed by atoms with van der Waals surface area (Å²) >= 11 is 2.98. The molecule has 0 bridgehead atoms. The number of carbonyl (C=O) groups excluding carboxylic acids is 1. The van der Waals surface area contributed by atoms with Crippen molar-refractivity contribution in [2.24, 2.45) is 11.8 Å². The topological polar surface area (TPSA) is 88.5 Å². The third kappa shape index (κ3) is 4.00. The third-order valence-electron chi connectivity index (χ3n) is 4.10. The van der Waals surface area contributed by atoms with Crippen LogP contribution >= 0.6 is 22.7 Å². The molecular weight excluding hydrogens is 348 g/mol. The number of ether oxygens (including phenoxy) is 1. The molecule has 0 saturated carbocycles. The molecule has 0 radical (unpaired) electrons. The van der Waals surface area contributed by atoms with Gasteiger partial charge in [-0.05, 0) is 30.2 Å². The number of nitrogens with one attached hydrogen (secondary N) is 1. The van der Waals surface area contributed by atoms with Gasteiger partial charge in [-0.25, -0.2) is 4.98 Å². The minimum atomic E-state index is -0.875. The van der Waals surface area contributed by atoms with Crippen LogP contribution in [0.25, 0.3) is 9.88 Å². The number of carboxylic acids is 1. The van der Waals surface area contributed by atoms with Crippen molar-refractivity contribution in [1.29, 1.82) is 0 Å². The Morgan fingerprint density at radius 2 is 2.17 bits per heavy atom. The first-order valence-corrected chi connectivity index (χ1v) is 9.49. The second kappa shape index (κ2) is 7.87. The molecule has 1 aliphatic heterocycles. The summed E-state index contributed by atoms with van der Waals surface area (Å²) in [7, 11) is 0. The molecule has 0 spiro atoms. The van der Waals surface area contributed by atoms with E-state index in [0.29, 0.717) is 31.7 Å². The Morgan fingerprint density at radius 1 is 1.38 bits per heavy atom. The minimum absolute atomic E-state index is 0.0358. The van der Waals surface area contributed by atoms with E-state index >= 15 is 0 Å². The fourth-order valence-corrected chi connectivity index (χ4v) is 4.37. The first-order chi connectivity index (χ1) is 11.6. The summed E-state index contributed by atoms with van der Waals surface area (Å²) in [6.45, 7) is 1.28. The van der Waals surface area contributed by atoms with Gasteiger partial charge in [0, 0.05) is 25.1 Å². The largest absolute Gasteiger partial charge is 0.481 e. The number of hydrogen-bond donors (Lipinski definition) is 2. The number of aromatic nitrogens is 1. The van der Waals surface area contributed by atoms with Gasteiger partial charge in [0.05, 0.1) is 10.8 Å². The van der Waals surface area contributed by atoms with Gasteiger partial charge in [0.25, 0.3) is 5.91 Å². The van der Waals surface area contributed by atoms with Crippen LogP contribution in [-0.4, -0.2) is 41.7 Å². The van der Waals surface area contributed by atoms with E-state index < -0.39 is 11.9 Å². The second-order valence-electron chi connectivity index (χ2n) is 5.62. The number of carboxylic acid groups (broad SMARTS) is 1. The van der Waals surface area contributed by atoms with E-state index in [1.807, 2.05) is 17.5 Å². The van der Waals surface area contributed by atoms with Crippen LogP contribution in [-0.2, 0) is 9.53 Å². The van der Waals surface area contributed by atoms with Gasteiger partial charge >= 0.3 is 5.97 Å². The summed E-state index contributed by atoms with van der Waals surface area (Å²) < 4.78 is 5.27. The Morgan fingerprint density at radius 3 is 2.83 bits per heavy atom. The number of amides is 1. The molecule has 1 unspecified atom stereocenters. The molecule has 24 heavy (non-hydrogen) atoms. The van der Waals surface area contributed by atoms with Crippen molar-refractivity contribution in [3.63, 3.8) is 0 Å². The molecule has 1 atom stereocenters. The zero-order valence-corrected chi connectivity index (χ0v) is 14.6. The molecule has 2 aromatic heterocycles. The average Bonchev–Trinajstić information content (AvgIpc) is 3.27. The van der Waals surface area contributed by atoms with Crippen LogP contribution in [0.5, 0.6) is 0 Å². The Hall–Kier alpha value is -1.77. The van der Waals surface area contributed by atoms with Crippen molar-refractivity contribution < 1.29 is 19.4 Å². The average molecular weight is 366 g/mol. The van der Waals surface area contributed by atoms with Crippen molar-refractivity contribution in [2.75, 3.05) is 19.8 Å². The van der Waals surface area contributed by atoms with Gasteiger partial charge < -0.3 is 15.2 Å². The molecule has 8 heteroatoms. The highest BCUT2D eigenvalue weighted by molar-refractivity contribution is 7.20. The number of rotatable bonds is 6. The summed E-state index contributed by atoms with van der Waals surface area (Å²) in [5.41, 5.74) is 0.333. The van der Waals surface area contributed by atoms with E-state index in [9.17, 15) is 14.7 Å². The Bertz CT molecular complexity index is 693. The lowest BCUT2D eigenvalue weighted by atomic mass is 9.86. The van der Waals surface area contributed by atoms with E-state index in [4.69, 9.17) is 4.74 Å². The second-order valence-corrected chi connectivity index (χ2v) is 7.43. The summed E-state index contributed by atoms with van der Waals surface area (Å²) in [4.78, 5) is 29.1. The van der Waals surface area contributed by atoms with Crippen LogP contribution in [0.4, 0.5) is 0 Å². The highest BCUT2D eigenvalue weighted by Crippen LogP contribution is 2.28. The molecule has 1 saturated heterocycles. The molecule has 1 aliphatic rings. The molecule has 1 amide bonds. The number of carbonyl (C=O) groups is 2. The summed E-state index contributed by atoms with van der Waals surface area (Å²) in [6, 6.07) is 3.89. The molecule has 0 aromatic carbocycles. The number of thiazole rings is 1. The monoisotopic (exact) mass is 366 g/mol. The normalized spacial score (nSPS) is 16.7. The van der Waals surface area contributed by atoms with Gasteiger partial charge in [0.1, 0.15) is 10.7 Å². The predicted octanol–water partition coefficient (Wildman–Crippen LogP) is 2.73. The zero-order valence-electron chi connectivity index (χ0n) is 12.9. The van der Waals surface area contributed by atoms with Crippen molar-refractivity contribution in [1.82, 2.24) is 10.3 Å². The maximum atomic E-state index is 12.3. The molecule has 1 fully saturated rings. The van der Waals surface area contributed by atoms with Gasteiger partial charge in [-0.2, -0.15) is 0 Å². The smallest absolute Gasteiger partial charge is 0.308 e. The fourth-order valence-electron chi connectivity index (χ4n) is 2.76. The summed E-state index contributed by atoms with van der Waals surface area (Å²) in [5.74, 6) is -1.76. The molecule has 128 valence electrons. The van der Waals surface area contributed by atoms with E-state index in [-0.39, 0.29) is 18.4 Å². The van der Waals surface area contributed by atoms with Crippen molar-refractivity contribution >= 4 is 34.6 Å². The van der Waals surface area contributed by atoms with Crippen molar-refractivity contribution in [2.45, 2.75) is 12.8 Å². The number of nitrogens with zero attached hydrogens (tertiary/aromatic N) is 1. The van der Waals surface area contributed by atoms with Gasteiger partial charge in [-0.15, -0.1) is 22.7 Å². The SMILES string of the molecule is O=C(NCC(C(=O)O)C1CCOCC1)c1csc(-c2cccs2)n1. The highest BCUT2D eigenvalue weighted by Gasteiger charge is 2.30. The van der Waals surface area contributed by atoms with Gasteiger partial charge in [-0.1, -0.05) is 6.07 Å². The maximum absolute atomic E-state index is 12.3. The summed E-state index contributed by atoms with van der Waals surface area (Å²) in [6.07, 6.45) is 1.43. The third-order valence-corrected chi connectivity index (χ3v) is 5.98. The molecule has 2 N–H and O–H groups in total. The standard InChI is InChI=1S/C16H18N2O4S2/c19-14(12-9-24-15(18-12)13-2-1-7-23-13)17-8-11(16(20)21)10-3-5-22-6-4-10/h1-2,7,9-11H,3-6,8H2,(H,17,19)(H,20,21). The van der Waals surface area contributed by atoms with Crippen LogP contribution < -0.4 is 5.32 Å². The van der Waals surface area contributed by atoms with E-state index in [1.165, 1.54) is 11.3 Å². The lowest BCUT2D eigenvalue weighted by molar-refractivity contribution is -0.144. The van der Waals surface area contributed by atoms with Crippen LogP contribution in [0.2, 0.25) is 0 Å². The molecule has 6 nitrogen and oxygen atoms in total. The Balaban J connectivity index is 1.60. The fraction of sp³-hybridized carbons (Fsp3) is 0.438. The van der Waals surface area contributed by atoms with Gasteiger partial charge in [-0.3, -0.25) is 9.59 Å². The van der Waals surface area contributed by atoms with E-state index in [0.717, 1.165) is 9.88 Å². The predicted molar refractivity (Wildman–Crippen MR) is 92.4 cm³/mol. The van der Waals surface area contributed by atoms with E-state index in [1.54, 1.807) is 16.7 Å². The van der Waals surface area contributed by atoms with Crippen LogP contribution in [0.15, 0.2) is 22.9 Å². The first-order valence-electron chi connectivity index (χ1n) is 7.73. The highest BCUT2D eigenvalue weighted by atomic mass is 32.1. The van der Waals surface area contributed by atoms with Gasteiger partial charge in [0.15, 0.2) is 0 Å². The lowest BCUT2D eigenvalue weighted by Gasteiger charge is -2.27. The number of thiophene rings is 1. The number of aliphatic carboxylic acids is 1. The Labute approximate surface area is 147 Å². The molecular formula is C16H18N2O4S2. The van der Waals surface area contributed by atoms with Crippen LogP contribution in [0.1, 0.15) is 23.3 Å². The zero-order chi connectivity index (χ0) is 16.9. The molecule has 0 aliphatic carbocycles. The van der Waals surface area contributed by atoms with E-state index in [2.05, 4.69) is 10.3 Å². The van der Waals surface area contributed by atoms with Crippen LogP contribution in [0, 0.1) is 11.8 Å². The first kappa shape index (κ1) is 17.1. The quantitative estimate of drug-likeness (QED) is 0.821.